The predicted octanol–water partition coefficient (Wildman–Crippen LogP) is 3.08. The summed E-state index contributed by atoms with van der Waals surface area (Å²) < 4.78 is 2.25. The van der Waals surface area contributed by atoms with Gasteiger partial charge in [0.2, 0.25) is 0 Å². The summed E-state index contributed by atoms with van der Waals surface area (Å²) in [5.74, 6) is 2.22. The molecule has 1 aliphatic heterocycles. The Labute approximate surface area is 129 Å². The number of nitrogens with zero attached hydrogens (tertiary/aromatic N) is 3. The van der Waals surface area contributed by atoms with Crippen LogP contribution >= 0.6 is 0 Å². The van der Waals surface area contributed by atoms with E-state index >= 15 is 0 Å². The average molecular weight is 293 g/mol. The first kappa shape index (κ1) is 16.5. The van der Waals surface area contributed by atoms with E-state index in [0.29, 0.717) is 17.9 Å². The van der Waals surface area contributed by atoms with Gasteiger partial charge >= 0.3 is 0 Å². The zero-order valence-corrected chi connectivity index (χ0v) is 14.0. The minimum atomic E-state index is -0.121. The van der Waals surface area contributed by atoms with Gasteiger partial charge in [0.05, 0.1) is 12.6 Å². The van der Waals surface area contributed by atoms with Crippen molar-refractivity contribution in [3.05, 3.63) is 18.2 Å². The Bertz CT molecular complexity index is 419. The second-order valence-electron chi connectivity index (χ2n) is 7.15. The molecule has 2 heterocycles. The zero-order chi connectivity index (χ0) is 15.4. The van der Waals surface area contributed by atoms with Gasteiger partial charge in [0.25, 0.3) is 0 Å². The summed E-state index contributed by atoms with van der Waals surface area (Å²) >= 11 is 0. The van der Waals surface area contributed by atoms with E-state index in [9.17, 15) is 5.11 Å². The number of piperidine rings is 1. The fourth-order valence-electron chi connectivity index (χ4n) is 3.31. The van der Waals surface area contributed by atoms with Crippen molar-refractivity contribution in [1.29, 1.82) is 0 Å². The van der Waals surface area contributed by atoms with Gasteiger partial charge in [-0.05, 0) is 58.0 Å². The molecule has 0 radical (unpaired) electrons. The first-order chi connectivity index (χ1) is 9.97. The summed E-state index contributed by atoms with van der Waals surface area (Å²) in [5.41, 5.74) is 0. The fourth-order valence-corrected chi connectivity index (χ4v) is 3.31. The summed E-state index contributed by atoms with van der Waals surface area (Å²) in [6.45, 7) is 11.8. The zero-order valence-electron chi connectivity index (χ0n) is 14.0. The Morgan fingerprint density at radius 1 is 1.24 bits per heavy atom. The molecule has 21 heavy (non-hydrogen) atoms. The van der Waals surface area contributed by atoms with Crippen molar-refractivity contribution in [2.24, 2.45) is 11.8 Å². The number of aliphatic hydroxyl groups is 1. The Morgan fingerprint density at radius 2 is 1.90 bits per heavy atom. The number of aliphatic hydroxyl groups excluding tert-OH is 1. The van der Waals surface area contributed by atoms with Crippen molar-refractivity contribution in [2.75, 3.05) is 13.1 Å². The maximum Gasteiger partial charge on any atom is 0.123 e. The molecule has 1 fully saturated rings. The van der Waals surface area contributed by atoms with Crippen LogP contribution in [0.2, 0.25) is 0 Å². The number of likely N-dealkylation sites (tertiary alicyclic amines) is 1. The minimum absolute atomic E-state index is 0.121. The average Bonchev–Trinajstić information content (AvgIpc) is 2.87. The topological polar surface area (TPSA) is 41.3 Å². The van der Waals surface area contributed by atoms with Crippen LogP contribution in [0.1, 0.15) is 58.8 Å². The smallest absolute Gasteiger partial charge is 0.123 e. The lowest BCUT2D eigenvalue weighted by Crippen LogP contribution is -2.38. The summed E-state index contributed by atoms with van der Waals surface area (Å²) in [5, 5.41) is 10.3. The molecule has 0 aromatic carbocycles. The fraction of sp³-hybridized carbons (Fsp3) is 0.824. The summed E-state index contributed by atoms with van der Waals surface area (Å²) in [7, 11) is 0. The molecular formula is C17H31N3O. The van der Waals surface area contributed by atoms with Gasteiger partial charge in [-0.15, -0.1) is 0 Å². The molecule has 1 aromatic rings. The SMILES string of the molecule is CC(C)C[C@H](O)C1CCN(Cc2nccn2C(C)C)CC1. The number of rotatable bonds is 6. The van der Waals surface area contributed by atoms with Crippen LogP contribution in [0.15, 0.2) is 12.4 Å². The molecular weight excluding hydrogens is 262 g/mol. The lowest BCUT2D eigenvalue weighted by molar-refractivity contribution is 0.0428. The van der Waals surface area contributed by atoms with Crippen LogP contribution in [-0.2, 0) is 6.54 Å². The highest BCUT2D eigenvalue weighted by Crippen LogP contribution is 2.25. The Hall–Kier alpha value is -0.870. The Balaban J connectivity index is 1.83. The van der Waals surface area contributed by atoms with Crippen LogP contribution in [0.3, 0.4) is 0 Å². The first-order valence-electron chi connectivity index (χ1n) is 8.39. The van der Waals surface area contributed by atoms with Crippen LogP contribution in [0.25, 0.3) is 0 Å². The summed E-state index contributed by atoms with van der Waals surface area (Å²) in [6, 6.07) is 0.466. The van der Waals surface area contributed by atoms with Crippen molar-refractivity contribution in [3.8, 4) is 0 Å². The Morgan fingerprint density at radius 3 is 2.48 bits per heavy atom. The number of hydrogen-bond acceptors (Lipinski definition) is 3. The Kier molecular flexibility index (Phi) is 5.82. The quantitative estimate of drug-likeness (QED) is 0.876. The third kappa shape index (κ3) is 4.55. The molecule has 1 atom stereocenters. The van der Waals surface area contributed by atoms with Crippen LogP contribution < -0.4 is 0 Å². The van der Waals surface area contributed by atoms with Crippen LogP contribution in [-0.4, -0.2) is 38.8 Å². The highest BCUT2D eigenvalue weighted by atomic mass is 16.3. The van der Waals surface area contributed by atoms with Crippen LogP contribution in [0.4, 0.5) is 0 Å². The lowest BCUT2D eigenvalue weighted by atomic mass is 9.87. The van der Waals surface area contributed by atoms with Crippen molar-refractivity contribution in [3.63, 3.8) is 0 Å². The highest BCUT2D eigenvalue weighted by Gasteiger charge is 2.26. The second-order valence-corrected chi connectivity index (χ2v) is 7.15. The van der Waals surface area contributed by atoms with Gasteiger partial charge in [0.15, 0.2) is 0 Å². The molecule has 0 aliphatic carbocycles. The highest BCUT2D eigenvalue weighted by molar-refractivity contribution is 4.95. The van der Waals surface area contributed by atoms with Gasteiger partial charge in [-0.2, -0.15) is 0 Å². The minimum Gasteiger partial charge on any atom is -0.393 e. The van der Waals surface area contributed by atoms with Gasteiger partial charge in [-0.3, -0.25) is 4.90 Å². The van der Waals surface area contributed by atoms with Crippen molar-refractivity contribution in [2.45, 2.75) is 65.6 Å². The molecule has 120 valence electrons. The molecule has 1 aliphatic rings. The van der Waals surface area contributed by atoms with Crippen molar-refractivity contribution < 1.29 is 5.11 Å². The van der Waals surface area contributed by atoms with Crippen molar-refractivity contribution in [1.82, 2.24) is 14.5 Å². The monoisotopic (exact) mass is 293 g/mol. The normalized spacial score (nSPS) is 19.6. The number of aromatic nitrogens is 2. The van der Waals surface area contributed by atoms with E-state index in [1.54, 1.807) is 0 Å². The van der Waals surface area contributed by atoms with Gasteiger partial charge < -0.3 is 9.67 Å². The van der Waals surface area contributed by atoms with Crippen LogP contribution in [0, 0.1) is 11.8 Å². The molecule has 0 bridgehead atoms. The van der Waals surface area contributed by atoms with Gasteiger partial charge in [-0.1, -0.05) is 13.8 Å². The molecule has 0 spiro atoms. The third-order valence-electron chi connectivity index (χ3n) is 4.56. The summed E-state index contributed by atoms with van der Waals surface area (Å²) in [6.07, 6.45) is 6.99. The largest absolute Gasteiger partial charge is 0.393 e. The third-order valence-corrected chi connectivity index (χ3v) is 4.56. The number of imidazole rings is 1. The van der Waals surface area contributed by atoms with Crippen molar-refractivity contribution >= 4 is 0 Å². The van der Waals surface area contributed by atoms with E-state index < -0.39 is 0 Å². The molecule has 2 rings (SSSR count). The first-order valence-corrected chi connectivity index (χ1v) is 8.39. The second kappa shape index (κ2) is 7.41. The van der Waals surface area contributed by atoms with E-state index in [4.69, 9.17) is 0 Å². The maximum atomic E-state index is 10.3. The molecule has 1 saturated heterocycles. The predicted molar refractivity (Wildman–Crippen MR) is 86.1 cm³/mol. The van der Waals surface area contributed by atoms with Gasteiger partial charge in [-0.25, -0.2) is 4.98 Å². The molecule has 0 saturated carbocycles. The van der Waals surface area contributed by atoms with E-state index in [2.05, 4.69) is 48.3 Å². The standard InChI is InChI=1S/C17H31N3O/c1-13(2)11-16(21)15-5-8-19(9-6-15)12-17-18-7-10-20(17)14(3)4/h7,10,13-16,21H,5-6,8-9,11-12H2,1-4H3/t16-/m0/s1. The van der Waals surface area contributed by atoms with Gasteiger partial charge in [0.1, 0.15) is 5.82 Å². The molecule has 0 unspecified atom stereocenters. The lowest BCUT2D eigenvalue weighted by Gasteiger charge is -2.34. The molecule has 4 heteroatoms. The molecule has 4 nitrogen and oxygen atoms in total. The number of hydrogen-bond donors (Lipinski definition) is 1. The van der Waals surface area contributed by atoms with Crippen LogP contribution in [0.5, 0.6) is 0 Å². The molecule has 1 N–H and O–H groups in total. The van der Waals surface area contributed by atoms with E-state index in [1.165, 1.54) is 0 Å². The maximum absolute atomic E-state index is 10.3. The van der Waals surface area contributed by atoms with E-state index in [-0.39, 0.29) is 6.10 Å². The molecule has 0 amide bonds. The molecule has 1 aromatic heterocycles. The van der Waals surface area contributed by atoms with E-state index in [1.807, 2.05) is 6.20 Å². The summed E-state index contributed by atoms with van der Waals surface area (Å²) in [4.78, 5) is 6.97. The van der Waals surface area contributed by atoms with E-state index in [0.717, 1.165) is 44.7 Å². The van der Waals surface area contributed by atoms with Gasteiger partial charge in [0, 0.05) is 18.4 Å².